The van der Waals surface area contributed by atoms with Gasteiger partial charge in [0.25, 0.3) is 0 Å². The van der Waals surface area contributed by atoms with Crippen molar-refractivity contribution in [3.8, 4) is 0 Å². The topological polar surface area (TPSA) is 119 Å². The molecule has 1 aromatic heterocycles. The van der Waals surface area contributed by atoms with Gasteiger partial charge in [-0.25, -0.2) is 14.8 Å². The molecule has 1 aromatic carbocycles. The van der Waals surface area contributed by atoms with Gasteiger partial charge in [0, 0.05) is 12.2 Å². The van der Waals surface area contributed by atoms with E-state index in [4.69, 9.17) is 0 Å². The minimum Gasteiger partial charge on any atom is -0.465 e. The summed E-state index contributed by atoms with van der Waals surface area (Å²) in [6.45, 7) is 3.87. The molecule has 0 aliphatic rings. The van der Waals surface area contributed by atoms with Crippen molar-refractivity contribution in [1.29, 1.82) is 0 Å². The fraction of sp³-hybridized carbons (Fsp3) is 0.133. The summed E-state index contributed by atoms with van der Waals surface area (Å²) >= 11 is 0. The monoisotopic (exact) mass is 329 g/mol. The van der Waals surface area contributed by atoms with E-state index in [1.807, 2.05) is 0 Å². The normalized spacial score (nSPS) is 9.88. The average Bonchev–Trinajstić information content (AvgIpc) is 2.59. The molecule has 0 unspecified atom stereocenters. The number of methoxy groups -OCH3 is 1. The molecule has 0 bridgehead atoms. The lowest BCUT2D eigenvalue weighted by atomic mass is 10.2. The van der Waals surface area contributed by atoms with Gasteiger partial charge < -0.3 is 15.4 Å². The number of nitrogens with one attached hydrogen (secondary N) is 2. The Morgan fingerprint density at radius 3 is 2.58 bits per heavy atom. The molecular weight excluding hydrogens is 314 g/mol. The Hall–Kier alpha value is -3.49. The van der Waals surface area contributed by atoms with Crippen LogP contribution in [0.1, 0.15) is 10.4 Å². The van der Waals surface area contributed by atoms with Gasteiger partial charge in [-0.1, -0.05) is 6.08 Å². The Morgan fingerprint density at radius 2 is 2.00 bits per heavy atom. The van der Waals surface area contributed by atoms with Crippen molar-refractivity contribution in [2.24, 2.45) is 0 Å². The van der Waals surface area contributed by atoms with Gasteiger partial charge in [0.15, 0.2) is 0 Å². The largest absolute Gasteiger partial charge is 0.465 e. The second kappa shape index (κ2) is 7.68. The highest BCUT2D eigenvalue weighted by molar-refractivity contribution is 5.89. The van der Waals surface area contributed by atoms with Gasteiger partial charge in [0.1, 0.15) is 6.33 Å². The number of carbonyl (C=O) groups excluding carboxylic acids is 1. The van der Waals surface area contributed by atoms with Crippen LogP contribution in [-0.4, -0.2) is 34.5 Å². The van der Waals surface area contributed by atoms with Gasteiger partial charge >= 0.3 is 11.7 Å². The fourth-order valence-electron chi connectivity index (χ4n) is 1.89. The minimum atomic E-state index is -0.573. The van der Waals surface area contributed by atoms with Crippen LogP contribution < -0.4 is 10.6 Å². The maximum Gasteiger partial charge on any atom is 0.353 e. The van der Waals surface area contributed by atoms with E-state index in [1.165, 1.54) is 25.6 Å². The number of esters is 1. The molecule has 2 aromatic rings. The molecule has 1 heterocycles. The molecule has 0 radical (unpaired) electrons. The standard InChI is InChI=1S/C15H15N5O4/c1-3-8-16-13-12(20(22)23)14(18-9-17-13)19-11-6-4-10(5-7-11)15(21)24-2/h3-7,9H,1,8H2,2H3,(H2,16,17,18,19). The van der Waals surface area contributed by atoms with E-state index in [-0.39, 0.29) is 17.3 Å². The van der Waals surface area contributed by atoms with Crippen LogP contribution in [0, 0.1) is 10.1 Å². The Labute approximate surface area is 137 Å². The smallest absolute Gasteiger partial charge is 0.353 e. The minimum absolute atomic E-state index is 0.0346. The predicted octanol–water partition coefficient (Wildman–Crippen LogP) is 2.51. The molecule has 0 fully saturated rings. The summed E-state index contributed by atoms with van der Waals surface area (Å²) in [4.78, 5) is 30.0. The summed E-state index contributed by atoms with van der Waals surface area (Å²) < 4.78 is 4.61. The van der Waals surface area contributed by atoms with Crippen molar-refractivity contribution in [3.63, 3.8) is 0 Å². The maximum absolute atomic E-state index is 11.4. The third-order valence-corrected chi connectivity index (χ3v) is 2.99. The predicted molar refractivity (Wildman–Crippen MR) is 88.4 cm³/mol. The van der Waals surface area contributed by atoms with Gasteiger partial charge in [-0.05, 0) is 24.3 Å². The molecule has 2 N–H and O–H groups in total. The van der Waals surface area contributed by atoms with E-state index in [1.54, 1.807) is 18.2 Å². The Morgan fingerprint density at radius 1 is 1.33 bits per heavy atom. The molecule has 0 amide bonds. The molecule has 0 aliphatic heterocycles. The van der Waals surface area contributed by atoms with Crippen molar-refractivity contribution in [3.05, 3.63) is 58.9 Å². The number of nitrogens with zero attached hydrogens (tertiary/aromatic N) is 3. The maximum atomic E-state index is 11.4. The van der Waals surface area contributed by atoms with Gasteiger partial charge in [-0.15, -0.1) is 6.58 Å². The zero-order chi connectivity index (χ0) is 17.5. The number of anilines is 3. The molecule has 2 rings (SSSR count). The zero-order valence-corrected chi connectivity index (χ0v) is 12.9. The van der Waals surface area contributed by atoms with Crippen LogP contribution in [-0.2, 0) is 4.74 Å². The Balaban J connectivity index is 2.30. The van der Waals surface area contributed by atoms with Crippen LogP contribution >= 0.6 is 0 Å². The third-order valence-electron chi connectivity index (χ3n) is 2.99. The van der Waals surface area contributed by atoms with Crippen LogP contribution in [0.5, 0.6) is 0 Å². The van der Waals surface area contributed by atoms with E-state index in [2.05, 4.69) is 31.9 Å². The second-order valence-electron chi connectivity index (χ2n) is 4.54. The van der Waals surface area contributed by atoms with E-state index in [0.717, 1.165) is 0 Å². The van der Waals surface area contributed by atoms with Crippen LogP contribution in [0.25, 0.3) is 0 Å². The molecule has 0 saturated heterocycles. The van der Waals surface area contributed by atoms with Crippen molar-refractivity contribution in [2.45, 2.75) is 0 Å². The van der Waals surface area contributed by atoms with E-state index in [0.29, 0.717) is 17.8 Å². The number of ether oxygens (including phenoxy) is 1. The number of carbonyl (C=O) groups is 1. The Bertz CT molecular complexity index is 761. The average molecular weight is 329 g/mol. The molecule has 0 atom stereocenters. The summed E-state index contributed by atoms with van der Waals surface area (Å²) in [5.74, 6) is -0.346. The lowest BCUT2D eigenvalue weighted by Gasteiger charge is -2.09. The highest BCUT2D eigenvalue weighted by Crippen LogP contribution is 2.31. The molecule has 0 aliphatic carbocycles. The summed E-state index contributed by atoms with van der Waals surface area (Å²) in [6.07, 6.45) is 2.77. The number of rotatable bonds is 7. The highest BCUT2D eigenvalue weighted by atomic mass is 16.6. The number of nitro groups is 1. The number of hydrogen-bond acceptors (Lipinski definition) is 8. The van der Waals surface area contributed by atoms with Gasteiger partial charge in [0.2, 0.25) is 11.6 Å². The quantitative estimate of drug-likeness (QED) is 0.344. The van der Waals surface area contributed by atoms with E-state index in [9.17, 15) is 14.9 Å². The van der Waals surface area contributed by atoms with Crippen molar-refractivity contribution < 1.29 is 14.5 Å². The zero-order valence-electron chi connectivity index (χ0n) is 12.9. The first-order valence-corrected chi connectivity index (χ1v) is 6.86. The fourth-order valence-corrected chi connectivity index (χ4v) is 1.89. The highest BCUT2D eigenvalue weighted by Gasteiger charge is 2.22. The number of benzene rings is 1. The number of hydrogen-bond donors (Lipinski definition) is 2. The van der Waals surface area contributed by atoms with Crippen molar-refractivity contribution in [2.75, 3.05) is 24.3 Å². The first kappa shape index (κ1) is 16.9. The van der Waals surface area contributed by atoms with Crippen LogP contribution in [0.4, 0.5) is 23.0 Å². The molecule has 0 saturated carbocycles. The van der Waals surface area contributed by atoms with Crippen molar-refractivity contribution >= 4 is 29.0 Å². The lowest BCUT2D eigenvalue weighted by Crippen LogP contribution is -2.08. The van der Waals surface area contributed by atoms with Gasteiger partial charge in [-0.2, -0.15) is 0 Å². The number of aromatic nitrogens is 2. The first-order chi connectivity index (χ1) is 11.6. The summed E-state index contributed by atoms with van der Waals surface area (Å²) in [7, 11) is 1.29. The lowest BCUT2D eigenvalue weighted by molar-refractivity contribution is -0.383. The molecule has 124 valence electrons. The van der Waals surface area contributed by atoms with Crippen LogP contribution in [0.15, 0.2) is 43.2 Å². The summed E-state index contributed by atoms with van der Waals surface area (Å²) in [6, 6.07) is 6.26. The molecule has 24 heavy (non-hydrogen) atoms. The van der Waals surface area contributed by atoms with Crippen LogP contribution in [0.3, 0.4) is 0 Å². The van der Waals surface area contributed by atoms with E-state index < -0.39 is 10.9 Å². The Kier molecular flexibility index (Phi) is 5.40. The van der Waals surface area contributed by atoms with Crippen LogP contribution in [0.2, 0.25) is 0 Å². The first-order valence-electron chi connectivity index (χ1n) is 6.86. The molecule has 9 heteroatoms. The molecule has 0 spiro atoms. The second-order valence-corrected chi connectivity index (χ2v) is 4.54. The third kappa shape index (κ3) is 3.83. The molecular formula is C15H15N5O4. The van der Waals surface area contributed by atoms with E-state index >= 15 is 0 Å². The van der Waals surface area contributed by atoms with Crippen molar-refractivity contribution in [1.82, 2.24) is 9.97 Å². The summed E-state index contributed by atoms with van der Waals surface area (Å²) in [5, 5.41) is 17.0. The molecule has 9 nitrogen and oxygen atoms in total. The SMILES string of the molecule is C=CCNc1ncnc(Nc2ccc(C(=O)OC)cc2)c1[N+](=O)[O-]. The van der Waals surface area contributed by atoms with Gasteiger partial charge in [-0.3, -0.25) is 10.1 Å². The van der Waals surface area contributed by atoms with Gasteiger partial charge in [0.05, 0.1) is 17.6 Å². The summed E-state index contributed by atoms with van der Waals surface area (Å²) in [5.41, 5.74) is 0.615.